The number of ether oxygens (including phenoxy) is 1. The number of rotatable bonds is 7. The molecule has 1 aromatic carbocycles. The third-order valence-corrected chi connectivity index (χ3v) is 2.74. The zero-order valence-electron chi connectivity index (χ0n) is 11.3. The molecule has 0 radical (unpaired) electrons. The number of hydrogen-bond acceptors (Lipinski definition) is 4. The van der Waals surface area contributed by atoms with Gasteiger partial charge in [0.15, 0.2) is 0 Å². The highest BCUT2D eigenvalue weighted by Gasteiger charge is 2.17. The number of hydrogen-bond donors (Lipinski definition) is 3. The molecule has 1 unspecified atom stereocenters. The maximum Gasteiger partial charge on any atom is 0.122 e. The topological polar surface area (TPSA) is 61.7 Å². The van der Waals surface area contributed by atoms with E-state index in [2.05, 4.69) is 5.32 Å². The average molecular weight is 253 g/mol. The van der Waals surface area contributed by atoms with Gasteiger partial charge in [0, 0.05) is 12.1 Å². The molecule has 1 rings (SSSR count). The van der Waals surface area contributed by atoms with Gasteiger partial charge in [0.2, 0.25) is 0 Å². The summed E-state index contributed by atoms with van der Waals surface area (Å²) >= 11 is 0. The smallest absolute Gasteiger partial charge is 0.122 e. The van der Waals surface area contributed by atoms with Crippen LogP contribution in [-0.2, 0) is 0 Å². The van der Waals surface area contributed by atoms with Gasteiger partial charge in [-0.25, -0.2) is 0 Å². The lowest BCUT2D eigenvalue weighted by Crippen LogP contribution is -2.47. The van der Waals surface area contributed by atoms with Crippen LogP contribution in [0.1, 0.15) is 19.4 Å². The van der Waals surface area contributed by atoms with E-state index in [-0.39, 0.29) is 18.8 Å². The standard InChI is InChI=1S/C14H23NO3/c1-11-6-4-5-7-13(11)18-9-12(17)8-15-14(2,3)10-16/h4-7,12,15-17H,8-10H2,1-3H3. The van der Waals surface area contributed by atoms with E-state index in [1.54, 1.807) is 0 Å². The molecule has 0 spiro atoms. The number of para-hydroxylation sites is 1. The lowest BCUT2D eigenvalue weighted by Gasteiger charge is -2.25. The van der Waals surface area contributed by atoms with E-state index in [0.29, 0.717) is 6.54 Å². The highest BCUT2D eigenvalue weighted by atomic mass is 16.5. The van der Waals surface area contributed by atoms with Crippen LogP contribution in [-0.4, -0.2) is 41.6 Å². The predicted molar refractivity (Wildman–Crippen MR) is 71.8 cm³/mol. The molecule has 1 atom stereocenters. The van der Waals surface area contributed by atoms with Crippen LogP contribution < -0.4 is 10.1 Å². The van der Waals surface area contributed by atoms with Crippen molar-refractivity contribution in [3.63, 3.8) is 0 Å². The first-order valence-corrected chi connectivity index (χ1v) is 6.17. The molecule has 0 heterocycles. The average Bonchev–Trinajstić information content (AvgIpc) is 2.35. The van der Waals surface area contributed by atoms with Gasteiger partial charge >= 0.3 is 0 Å². The largest absolute Gasteiger partial charge is 0.491 e. The first-order chi connectivity index (χ1) is 8.44. The maximum absolute atomic E-state index is 9.79. The van der Waals surface area contributed by atoms with Crippen molar-refractivity contribution in [2.75, 3.05) is 19.8 Å². The molecular weight excluding hydrogens is 230 g/mol. The Hall–Kier alpha value is -1.10. The summed E-state index contributed by atoms with van der Waals surface area (Å²) in [5.74, 6) is 0.790. The van der Waals surface area contributed by atoms with E-state index in [0.717, 1.165) is 11.3 Å². The molecule has 0 saturated carbocycles. The fourth-order valence-corrected chi connectivity index (χ4v) is 1.41. The van der Waals surface area contributed by atoms with E-state index in [1.807, 2.05) is 45.0 Å². The van der Waals surface area contributed by atoms with Gasteiger partial charge in [-0.1, -0.05) is 18.2 Å². The zero-order chi connectivity index (χ0) is 13.6. The monoisotopic (exact) mass is 253 g/mol. The lowest BCUT2D eigenvalue weighted by atomic mass is 10.1. The van der Waals surface area contributed by atoms with Gasteiger partial charge in [-0.2, -0.15) is 0 Å². The molecule has 0 aliphatic heterocycles. The Morgan fingerprint density at radius 1 is 1.33 bits per heavy atom. The van der Waals surface area contributed by atoms with E-state index in [9.17, 15) is 5.11 Å². The third-order valence-electron chi connectivity index (χ3n) is 2.74. The number of aryl methyl sites for hydroxylation is 1. The number of β-amino-alcohol motifs (C(OH)–C–C–N with tert-alkyl or cyclic N) is 1. The molecule has 102 valence electrons. The highest BCUT2D eigenvalue weighted by Crippen LogP contribution is 2.16. The molecule has 0 aliphatic rings. The minimum atomic E-state index is -0.601. The number of benzene rings is 1. The molecule has 4 nitrogen and oxygen atoms in total. The van der Waals surface area contributed by atoms with E-state index in [1.165, 1.54) is 0 Å². The number of aliphatic hydroxyl groups is 2. The van der Waals surface area contributed by atoms with Crippen LogP contribution in [0.2, 0.25) is 0 Å². The molecular formula is C14H23NO3. The van der Waals surface area contributed by atoms with Gasteiger partial charge in [-0.15, -0.1) is 0 Å². The van der Waals surface area contributed by atoms with Crippen molar-refractivity contribution < 1.29 is 14.9 Å². The Morgan fingerprint density at radius 2 is 2.00 bits per heavy atom. The van der Waals surface area contributed by atoms with Crippen molar-refractivity contribution in [3.8, 4) is 5.75 Å². The summed E-state index contributed by atoms with van der Waals surface area (Å²) < 4.78 is 5.54. The lowest BCUT2D eigenvalue weighted by molar-refractivity contribution is 0.0904. The predicted octanol–water partition coefficient (Wildman–Crippen LogP) is 1.10. The van der Waals surface area contributed by atoms with E-state index in [4.69, 9.17) is 9.84 Å². The molecule has 1 aromatic rings. The highest BCUT2D eigenvalue weighted by molar-refractivity contribution is 5.31. The van der Waals surface area contributed by atoms with Gasteiger partial charge < -0.3 is 20.3 Å². The van der Waals surface area contributed by atoms with Crippen LogP contribution >= 0.6 is 0 Å². The van der Waals surface area contributed by atoms with Crippen LogP contribution in [0.5, 0.6) is 5.75 Å². The molecule has 0 bridgehead atoms. The fraction of sp³-hybridized carbons (Fsp3) is 0.571. The van der Waals surface area contributed by atoms with Crippen molar-refractivity contribution in [1.29, 1.82) is 0 Å². The summed E-state index contributed by atoms with van der Waals surface area (Å²) in [7, 11) is 0. The molecule has 4 heteroatoms. The second-order valence-corrected chi connectivity index (χ2v) is 5.15. The molecule has 3 N–H and O–H groups in total. The van der Waals surface area contributed by atoms with Crippen LogP contribution in [0.15, 0.2) is 24.3 Å². The van der Waals surface area contributed by atoms with Gasteiger partial charge in [0.05, 0.1) is 6.61 Å². The summed E-state index contributed by atoms with van der Waals surface area (Å²) in [6.45, 7) is 6.37. The van der Waals surface area contributed by atoms with Crippen LogP contribution in [0.4, 0.5) is 0 Å². The van der Waals surface area contributed by atoms with E-state index < -0.39 is 6.10 Å². The number of aliphatic hydroxyl groups excluding tert-OH is 2. The van der Waals surface area contributed by atoms with Crippen molar-refractivity contribution >= 4 is 0 Å². The first kappa shape index (κ1) is 15.0. The Bertz CT molecular complexity index is 366. The summed E-state index contributed by atoms with van der Waals surface area (Å²) in [4.78, 5) is 0. The Labute approximate surface area is 109 Å². The first-order valence-electron chi connectivity index (χ1n) is 6.17. The molecule has 0 fully saturated rings. The van der Waals surface area contributed by atoms with Crippen LogP contribution in [0.25, 0.3) is 0 Å². The third kappa shape index (κ3) is 5.04. The quantitative estimate of drug-likeness (QED) is 0.681. The fourth-order valence-electron chi connectivity index (χ4n) is 1.41. The minimum absolute atomic E-state index is 0.0262. The van der Waals surface area contributed by atoms with Gasteiger partial charge in [-0.05, 0) is 32.4 Å². The minimum Gasteiger partial charge on any atom is -0.491 e. The van der Waals surface area contributed by atoms with Crippen LogP contribution in [0, 0.1) is 6.92 Å². The summed E-state index contributed by atoms with van der Waals surface area (Å²) in [5, 5.41) is 21.9. The molecule has 18 heavy (non-hydrogen) atoms. The Kier molecular flexibility index (Phi) is 5.59. The molecule has 0 amide bonds. The molecule has 0 aromatic heterocycles. The zero-order valence-corrected chi connectivity index (χ0v) is 11.3. The Morgan fingerprint density at radius 3 is 2.61 bits per heavy atom. The normalized spacial score (nSPS) is 13.4. The van der Waals surface area contributed by atoms with Crippen molar-refractivity contribution in [2.45, 2.75) is 32.4 Å². The van der Waals surface area contributed by atoms with Gasteiger partial charge in [-0.3, -0.25) is 0 Å². The van der Waals surface area contributed by atoms with Gasteiger partial charge in [0.1, 0.15) is 18.5 Å². The maximum atomic E-state index is 9.79. The summed E-state index contributed by atoms with van der Waals surface area (Å²) in [6.07, 6.45) is -0.601. The van der Waals surface area contributed by atoms with Crippen molar-refractivity contribution in [3.05, 3.63) is 29.8 Å². The summed E-state index contributed by atoms with van der Waals surface area (Å²) in [6, 6.07) is 7.70. The molecule has 0 saturated heterocycles. The number of nitrogens with one attached hydrogen (secondary N) is 1. The van der Waals surface area contributed by atoms with Crippen molar-refractivity contribution in [2.24, 2.45) is 0 Å². The van der Waals surface area contributed by atoms with Crippen molar-refractivity contribution in [1.82, 2.24) is 5.32 Å². The summed E-state index contributed by atoms with van der Waals surface area (Å²) in [5.41, 5.74) is 0.664. The second kappa shape index (κ2) is 6.73. The Balaban J connectivity index is 2.34. The van der Waals surface area contributed by atoms with E-state index >= 15 is 0 Å². The second-order valence-electron chi connectivity index (χ2n) is 5.15. The SMILES string of the molecule is Cc1ccccc1OCC(O)CNC(C)(C)CO. The van der Waals surface area contributed by atoms with Gasteiger partial charge in [0.25, 0.3) is 0 Å². The molecule has 0 aliphatic carbocycles. The van der Waals surface area contributed by atoms with Crippen LogP contribution in [0.3, 0.4) is 0 Å².